The van der Waals surface area contributed by atoms with E-state index in [-0.39, 0.29) is 11.6 Å². The fraction of sp³-hybridized carbons (Fsp3) is 0. The van der Waals surface area contributed by atoms with Crippen LogP contribution in [0.4, 0.5) is 10.1 Å². The largest absolute Gasteiger partial charge is 0.369 e. The van der Waals surface area contributed by atoms with E-state index >= 15 is 0 Å². The molecule has 1 rings (SSSR count). The zero-order valence-electron chi connectivity index (χ0n) is 6.66. The Labute approximate surface area is 74.5 Å². The van der Waals surface area contributed by atoms with E-state index in [4.69, 9.17) is 11.0 Å². The molecule has 0 fully saturated rings. The number of guanidine groups is 1. The molecular formula is C8H7FN4. The summed E-state index contributed by atoms with van der Waals surface area (Å²) in [5, 5.41) is 10.6. The molecule has 0 aliphatic rings. The van der Waals surface area contributed by atoms with E-state index in [1.54, 1.807) is 12.1 Å². The van der Waals surface area contributed by atoms with Crippen molar-refractivity contribution in [1.82, 2.24) is 0 Å². The molecule has 0 saturated carbocycles. The highest BCUT2D eigenvalue weighted by Crippen LogP contribution is 2.11. The number of para-hydroxylation sites is 1. The van der Waals surface area contributed by atoms with Crippen molar-refractivity contribution in [3.05, 3.63) is 30.1 Å². The van der Waals surface area contributed by atoms with Gasteiger partial charge in [-0.05, 0) is 12.1 Å². The maximum atomic E-state index is 12.9. The predicted octanol–water partition coefficient (Wildman–Crippen LogP) is 1.03. The molecule has 0 aliphatic heterocycles. The number of hydrogen-bond donors (Lipinski definition) is 2. The van der Waals surface area contributed by atoms with E-state index < -0.39 is 5.82 Å². The summed E-state index contributed by atoms with van der Waals surface area (Å²) in [6.07, 6.45) is 1.49. The lowest BCUT2D eigenvalue weighted by Crippen LogP contribution is -2.22. The average molecular weight is 178 g/mol. The molecule has 0 spiro atoms. The lowest BCUT2D eigenvalue weighted by molar-refractivity contribution is 0.632. The second-order valence-corrected chi connectivity index (χ2v) is 2.20. The first-order chi connectivity index (χ1) is 6.24. The monoisotopic (exact) mass is 178 g/mol. The topological polar surface area (TPSA) is 74.2 Å². The molecule has 0 saturated heterocycles. The van der Waals surface area contributed by atoms with Crippen molar-refractivity contribution >= 4 is 11.6 Å². The van der Waals surface area contributed by atoms with Gasteiger partial charge in [0.15, 0.2) is 0 Å². The molecule has 5 heteroatoms. The van der Waals surface area contributed by atoms with Gasteiger partial charge in [-0.25, -0.2) is 4.39 Å². The van der Waals surface area contributed by atoms with E-state index in [0.29, 0.717) is 0 Å². The van der Waals surface area contributed by atoms with Crippen LogP contribution in [0.15, 0.2) is 29.3 Å². The van der Waals surface area contributed by atoms with Gasteiger partial charge in [0.25, 0.3) is 0 Å². The highest BCUT2D eigenvalue weighted by atomic mass is 19.1. The highest BCUT2D eigenvalue weighted by molar-refractivity contribution is 5.92. The molecule has 13 heavy (non-hydrogen) atoms. The van der Waals surface area contributed by atoms with E-state index in [1.165, 1.54) is 18.3 Å². The van der Waals surface area contributed by atoms with E-state index in [2.05, 4.69) is 10.3 Å². The predicted molar refractivity (Wildman–Crippen MR) is 47.3 cm³/mol. The second-order valence-electron chi connectivity index (χ2n) is 2.20. The van der Waals surface area contributed by atoms with Crippen LogP contribution in [0.3, 0.4) is 0 Å². The summed E-state index contributed by atoms with van der Waals surface area (Å²) >= 11 is 0. The van der Waals surface area contributed by atoms with Crippen LogP contribution in [0.1, 0.15) is 0 Å². The van der Waals surface area contributed by atoms with Crippen LogP contribution >= 0.6 is 0 Å². The first-order valence-corrected chi connectivity index (χ1v) is 3.48. The van der Waals surface area contributed by atoms with Gasteiger partial charge in [-0.2, -0.15) is 5.26 Å². The van der Waals surface area contributed by atoms with Gasteiger partial charge < -0.3 is 11.1 Å². The highest BCUT2D eigenvalue weighted by Gasteiger charge is 2.00. The average Bonchev–Trinajstić information content (AvgIpc) is 2.09. The number of nitriles is 1. The van der Waals surface area contributed by atoms with Crippen molar-refractivity contribution in [2.24, 2.45) is 10.7 Å². The second kappa shape index (κ2) is 4.07. The molecule has 1 aromatic carbocycles. The lowest BCUT2D eigenvalue weighted by Gasteiger charge is -2.03. The van der Waals surface area contributed by atoms with E-state index in [1.807, 2.05) is 0 Å². The minimum Gasteiger partial charge on any atom is -0.369 e. The van der Waals surface area contributed by atoms with Gasteiger partial charge in [-0.1, -0.05) is 12.1 Å². The minimum absolute atomic E-state index is 0.132. The molecule has 0 amide bonds. The first kappa shape index (κ1) is 9.00. The third-order valence-electron chi connectivity index (χ3n) is 1.31. The smallest absolute Gasteiger partial charge is 0.209 e. The minimum atomic E-state index is -0.446. The molecule has 0 heterocycles. The molecule has 0 unspecified atom stereocenters. The summed E-state index contributed by atoms with van der Waals surface area (Å²) in [6, 6.07) is 5.97. The number of benzene rings is 1. The number of halogens is 1. The SMILES string of the molecule is N#C/N=C(/N)Nc1ccccc1F. The summed E-state index contributed by atoms with van der Waals surface area (Å²) in [5.74, 6) is -0.578. The van der Waals surface area contributed by atoms with Crippen LogP contribution in [-0.2, 0) is 0 Å². The summed E-state index contributed by atoms with van der Waals surface area (Å²) in [7, 11) is 0. The van der Waals surface area contributed by atoms with E-state index in [0.717, 1.165) is 0 Å². The van der Waals surface area contributed by atoms with Crippen LogP contribution in [0.2, 0.25) is 0 Å². The Morgan fingerprint density at radius 1 is 1.54 bits per heavy atom. The molecule has 4 nitrogen and oxygen atoms in total. The summed E-state index contributed by atoms with van der Waals surface area (Å²) in [4.78, 5) is 3.18. The van der Waals surface area contributed by atoms with Gasteiger partial charge >= 0.3 is 0 Å². The molecular weight excluding hydrogens is 171 g/mol. The van der Waals surface area contributed by atoms with Crippen molar-refractivity contribution < 1.29 is 4.39 Å². The van der Waals surface area contributed by atoms with Gasteiger partial charge in [0, 0.05) is 0 Å². The molecule has 0 radical (unpaired) electrons. The summed E-state index contributed by atoms with van der Waals surface area (Å²) in [6.45, 7) is 0. The molecule has 0 aliphatic carbocycles. The number of nitrogens with one attached hydrogen (secondary N) is 1. The van der Waals surface area contributed by atoms with Gasteiger partial charge in [0.1, 0.15) is 5.82 Å². The Morgan fingerprint density at radius 2 is 2.23 bits per heavy atom. The third-order valence-corrected chi connectivity index (χ3v) is 1.31. The van der Waals surface area contributed by atoms with E-state index in [9.17, 15) is 4.39 Å². The Bertz CT molecular complexity index is 367. The fourth-order valence-corrected chi connectivity index (χ4v) is 0.782. The number of hydrogen-bond acceptors (Lipinski definition) is 2. The first-order valence-electron chi connectivity index (χ1n) is 3.48. The molecule has 0 bridgehead atoms. The van der Waals surface area contributed by atoms with Gasteiger partial charge in [-0.3, -0.25) is 0 Å². The van der Waals surface area contributed by atoms with Gasteiger partial charge in [-0.15, -0.1) is 4.99 Å². The molecule has 0 atom stereocenters. The number of nitrogens with two attached hydrogens (primary N) is 1. The normalized spacial score (nSPS) is 10.6. The number of nitrogens with zero attached hydrogens (tertiary/aromatic N) is 2. The van der Waals surface area contributed by atoms with Gasteiger partial charge in [0.05, 0.1) is 5.69 Å². The van der Waals surface area contributed by atoms with Crippen molar-refractivity contribution in [2.45, 2.75) is 0 Å². The van der Waals surface area contributed by atoms with Crippen LogP contribution in [-0.4, -0.2) is 5.96 Å². The van der Waals surface area contributed by atoms with Crippen LogP contribution in [0.25, 0.3) is 0 Å². The molecule has 0 aromatic heterocycles. The molecule has 1 aromatic rings. The van der Waals surface area contributed by atoms with Crippen molar-refractivity contribution in [1.29, 1.82) is 5.26 Å². The summed E-state index contributed by atoms with van der Waals surface area (Å²) in [5.41, 5.74) is 5.43. The zero-order valence-corrected chi connectivity index (χ0v) is 6.66. The fourth-order valence-electron chi connectivity index (χ4n) is 0.782. The standard InChI is InChI=1S/C8H7FN4/c9-6-3-1-2-4-7(6)13-8(11)12-5-10/h1-4H,(H3,11,12,13). The number of aliphatic imine (C=N–C) groups is 1. The van der Waals surface area contributed by atoms with Crippen LogP contribution < -0.4 is 11.1 Å². The van der Waals surface area contributed by atoms with Crippen LogP contribution in [0.5, 0.6) is 0 Å². The van der Waals surface area contributed by atoms with Crippen molar-refractivity contribution in [3.63, 3.8) is 0 Å². The van der Waals surface area contributed by atoms with Gasteiger partial charge in [0.2, 0.25) is 12.2 Å². The van der Waals surface area contributed by atoms with Crippen molar-refractivity contribution in [3.8, 4) is 6.19 Å². The lowest BCUT2D eigenvalue weighted by atomic mass is 10.3. The Kier molecular flexibility index (Phi) is 2.82. The zero-order chi connectivity index (χ0) is 9.68. The molecule has 3 N–H and O–H groups in total. The number of rotatable bonds is 1. The Morgan fingerprint density at radius 3 is 2.85 bits per heavy atom. The molecule has 66 valence electrons. The quantitative estimate of drug-likeness (QED) is 0.383. The maximum Gasteiger partial charge on any atom is 0.209 e. The number of anilines is 1. The summed E-state index contributed by atoms with van der Waals surface area (Å²) < 4.78 is 12.9. The Balaban J connectivity index is 2.82. The van der Waals surface area contributed by atoms with Crippen molar-refractivity contribution in [2.75, 3.05) is 5.32 Å². The maximum absolute atomic E-state index is 12.9. The van der Waals surface area contributed by atoms with Crippen LogP contribution in [0, 0.1) is 17.3 Å². The Hall–Kier alpha value is -2.09. The third kappa shape index (κ3) is 2.45.